The van der Waals surface area contributed by atoms with Gasteiger partial charge in [-0.15, -0.1) is 0 Å². The topological polar surface area (TPSA) is 85.5 Å². The van der Waals surface area contributed by atoms with E-state index >= 15 is 0 Å². The minimum atomic E-state index is -0.664. The lowest BCUT2D eigenvalue weighted by Gasteiger charge is -2.22. The number of pyridine rings is 1. The Morgan fingerprint density at radius 3 is 2.73 bits per heavy atom. The minimum absolute atomic E-state index is 0.0507. The molecule has 8 heteroatoms. The molecule has 1 aliphatic heterocycles. The van der Waals surface area contributed by atoms with Crippen molar-refractivity contribution in [2.75, 3.05) is 11.5 Å². The maximum Gasteiger partial charge on any atom is 0.297 e. The monoisotopic (exact) mass is 455 g/mol. The van der Waals surface area contributed by atoms with Crippen molar-refractivity contribution in [3.8, 4) is 5.75 Å². The number of amides is 1. The standard InChI is InChI=1S/C25H17N3O4S/c1-2-31-15-7-8-17-19(13-15)33-25(27-17)28-21(14-9-11-26-12-10-14)20-22(29)16-5-3-4-6-18(16)32-23(20)24(28)30/h3-13,21H,2H2,1H3/t21-/m1/s1. The van der Waals surface area contributed by atoms with Gasteiger partial charge in [0, 0.05) is 12.4 Å². The second-order valence-electron chi connectivity index (χ2n) is 7.59. The van der Waals surface area contributed by atoms with Crippen LogP contribution in [0.3, 0.4) is 0 Å². The molecule has 5 aromatic rings. The van der Waals surface area contributed by atoms with Crippen molar-refractivity contribution in [2.24, 2.45) is 0 Å². The SMILES string of the molecule is CCOc1ccc2nc(N3C(=O)c4oc5ccccc5c(=O)c4[C@H]3c3ccncc3)sc2c1. The Bertz CT molecular complexity index is 1590. The smallest absolute Gasteiger partial charge is 0.297 e. The second-order valence-corrected chi connectivity index (χ2v) is 8.60. The van der Waals surface area contributed by atoms with Crippen molar-refractivity contribution in [1.29, 1.82) is 0 Å². The van der Waals surface area contributed by atoms with Gasteiger partial charge in [-0.2, -0.15) is 0 Å². The molecule has 0 N–H and O–H groups in total. The highest BCUT2D eigenvalue weighted by Gasteiger charge is 2.45. The molecule has 1 amide bonds. The lowest BCUT2D eigenvalue weighted by Crippen LogP contribution is -2.29. The average molecular weight is 455 g/mol. The zero-order valence-corrected chi connectivity index (χ0v) is 18.3. The number of nitrogens with zero attached hydrogens (tertiary/aromatic N) is 3. The van der Waals surface area contributed by atoms with Crippen molar-refractivity contribution in [3.63, 3.8) is 0 Å². The Morgan fingerprint density at radius 2 is 1.91 bits per heavy atom. The van der Waals surface area contributed by atoms with Crippen LogP contribution in [-0.4, -0.2) is 22.5 Å². The van der Waals surface area contributed by atoms with Gasteiger partial charge in [0.2, 0.25) is 5.76 Å². The number of carbonyl (C=O) groups is 1. The predicted molar refractivity (Wildman–Crippen MR) is 126 cm³/mol. The molecule has 4 heterocycles. The molecule has 1 atom stereocenters. The van der Waals surface area contributed by atoms with Gasteiger partial charge in [-0.3, -0.25) is 19.5 Å². The van der Waals surface area contributed by atoms with Crippen LogP contribution in [0.5, 0.6) is 5.75 Å². The molecular weight excluding hydrogens is 438 g/mol. The quantitative estimate of drug-likeness (QED) is 0.381. The van der Waals surface area contributed by atoms with Gasteiger partial charge in [-0.1, -0.05) is 23.5 Å². The van der Waals surface area contributed by atoms with Gasteiger partial charge < -0.3 is 9.15 Å². The Morgan fingerprint density at radius 1 is 1.09 bits per heavy atom. The summed E-state index contributed by atoms with van der Waals surface area (Å²) in [7, 11) is 0. The third-order valence-corrected chi connectivity index (χ3v) is 6.68. The Labute approximate surface area is 191 Å². The van der Waals surface area contributed by atoms with Crippen LogP contribution in [0.4, 0.5) is 5.13 Å². The molecule has 7 nitrogen and oxygen atoms in total. The predicted octanol–water partition coefficient (Wildman–Crippen LogP) is 4.95. The normalized spacial score (nSPS) is 15.4. The van der Waals surface area contributed by atoms with E-state index in [1.165, 1.54) is 11.3 Å². The van der Waals surface area contributed by atoms with Gasteiger partial charge in [-0.05, 0) is 55.0 Å². The Kier molecular flexibility index (Phi) is 4.48. The zero-order chi connectivity index (χ0) is 22.5. The number of hydrogen-bond acceptors (Lipinski definition) is 7. The summed E-state index contributed by atoms with van der Waals surface area (Å²) >= 11 is 1.37. The highest BCUT2D eigenvalue weighted by Crippen LogP contribution is 2.43. The number of fused-ring (bicyclic) bond motifs is 3. The van der Waals surface area contributed by atoms with Gasteiger partial charge in [0.25, 0.3) is 5.91 Å². The number of rotatable bonds is 4. The average Bonchev–Trinajstić information content (AvgIpc) is 3.38. The van der Waals surface area contributed by atoms with Crippen molar-refractivity contribution < 1.29 is 13.9 Å². The van der Waals surface area contributed by atoms with Crippen molar-refractivity contribution in [3.05, 3.63) is 94.1 Å². The summed E-state index contributed by atoms with van der Waals surface area (Å²) < 4.78 is 12.5. The van der Waals surface area contributed by atoms with E-state index in [1.807, 2.05) is 25.1 Å². The fourth-order valence-corrected chi connectivity index (χ4v) is 5.25. The molecule has 0 unspecified atom stereocenters. The number of hydrogen-bond donors (Lipinski definition) is 0. The molecule has 0 saturated heterocycles. The van der Waals surface area contributed by atoms with Gasteiger partial charge in [0.15, 0.2) is 10.6 Å². The van der Waals surface area contributed by atoms with Crippen LogP contribution in [0.1, 0.15) is 34.6 Å². The fraction of sp³-hybridized carbons (Fsp3) is 0.120. The molecule has 0 fully saturated rings. The van der Waals surface area contributed by atoms with E-state index in [-0.39, 0.29) is 11.2 Å². The first kappa shape index (κ1) is 19.6. The van der Waals surface area contributed by atoms with E-state index < -0.39 is 11.9 Å². The van der Waals surface area contributed by atoms with E-state index in [9.17, 15) is 9.59 Å². The third-order valence-electron chi connectivity index (χ3n) is 5.67. The summed E-state index contributed by atoms with van der Waals surface area (Å²) in [6.45, 7) is 2.48. The molecule has 0 saturated carbocycles. The number of ether oxygens (including phenoxy) is 1. The Balaban J connectivity index is 1.58. The molecule has 33 heavy (non-hydrogen) atoms. The van der Waals surface area contributed by atoms with Crippen LogP contribution in [0.2, 0.25) is 0 Å². The number of anilines is 1. The number of benzene rings is 2. The number of carbonyl (C=O) groups excluding carboxylic acids is 1. The van der Waals surface area contributed by atoms with Crippen LogP contribution < -0.4 is 15.1 Å². The van der Waals surface area contributed by atoms with E-state index in [0.717, 1.165) is 21.5 Å². The summed E-state index contributed by atoms with van der Waals surface area (Å²) in [5.74, 6) is 0.401. The molecular formula is C25H17N3O4S. The van der Waals surface area contributed by atoms with Crippen molar-refractivity contribution >= 4 is 43.6 Å². The molecule has 162 valence electrons. The van der Waals surface area contributed by atoms with Crippen LogP contribution in [-0.2, 0) is 0 Å². The van der Waals surface area contributed by atoms with E-state index in [2.05, 4.69) is 4.98 Å². The molecule has 0 radical (unpaired) electrons. The zero-order valence-electron chi connectivity index (χ0n) is 17.5. The van der Waals surface area contributed by atoms with Crippen LogP contribution >= 0.6 is 11.3 Å². The van der Waals surface area contributed by atoms with E-state index in [4.69, 9.17) is 14.1 Å². The summed E-state index contributed by atoms with van der Waals surface area (Å²) in [6.07, 6.45) is 3.29. The second kappa shape index (κ2) is 7.53. The van der Waals surface area contributed by atoms with E-state index in [1.54, 1.807) is 53.7 Å². The van der Waals surface area contributed by atoms with Crippen molar-refractivity contribution in [1.82, 2.24) is 9.97 Å². The third kappa shape index (κ3) is 3.02. The maximum atomic E-state index is 13.6. The fourth-order valence-electron chi connectivity index (χ4n) is 4.23. The first-order valence-corrected chi connectivity index (χ1v) is 11.3. The van der Waals surface area contributed by atoms with Crippen LogP contribution in [0.15, 0.2) is 76.2 Å². The molecule has 0 bridgehead atoms. The van der Waals surface area contributed by atoms with Gasteiger partial charge in [-0.25, -0.2) is 4.98 Å². The number of thiazole rings is 1. The molecule has 3 aromatic heterocycles. The van der Waals surface area contributed by atoms with Gasteiger partial charge in [0.1, 0.15) is 11.3 Å². The molecule has 0 aliphatic carbocycles. The van der Waals surface area contributed by atoms with Gasteiger partial charge >= 0.3 is 0 Å². The van der Waals surface area contributed by atoms with Gasteiger partial charge in [0.05, 0.1) is 33.8 Å². The van der Waals surface area contributed by atoms with Crippen LogP contribution in [0.25, 0.3) is 21.2 Å². The Hall–Kier alpha value is -4.04. The minimum Gasteiger partial charge on any atom is -0.494 e. The summed E-state index contributed by atoms with van der Waals surface area (Å²) in [5, 5.41) is 0.927. The van der Waals surface area contributed by atoms with E-state index in [0.29, 0.717) is 28.3 Å². The first-order chi connectivity index (χ1) is 16.2. The lowest BCUT2D eigenvalue weighted by molar-refractivity contribution is 0.0971. The molecule has 2 aromatic carbocycles. The summed E-state index contributed by atoms with van der Waals surface area (Å²) in [4.78, 5) is 37.5. The maximum absolute atomic E-state index is 13.6. The molecule has 1 aliphatic rings. The molecule has 0 spiro atoms. The number of para-hydroxylation sites is 1. The summed E-state index contributed by atoms with van der Waals surface area (Å²) in [6, 6.07) is 15.5. The van der Waals surface area contributed by atoms with Crippen molar-refractivity contribution in [2.45, 2.75) is 13.0 Å². The highest BCUT2D eigenvalue weighted by molar-refractivity contribution is 7.22. The first-order valence-electron chi connectivity index (χ1n) is 10.5. The summed E-state index contributed by atoms with van der Waals surface area (Å²) in [5.41, 5.74) is 1.99. The largest absolute Gasteiger partial charge is 0.494 e. The highest BCUT2D eigenvalue weighted by atomic mass is 32.1. The van der Waals surface area contributed by atoms with Crippen LogP contribution in [0, 0.1) is 0 Å². The number of aromatic nitrogens is 2. The molecule has 6 rings (SSSR count). The lowest BCUT2D eigenvalue weighted by atomic mass is 10.00.